The molecule has 1 N–H and O–H groups in total. The number of benzene rings is 1. The van der Waals surface area contributed by atoms with Crippen molar-refractivity contribution >= 4 is 5.91 Å². The van der Waals surface area contributed by atoms with Gasteiger partial charge in [0.1, 0.15) is 5.75 Å². The maximum absolute atomic E-state index is 12.3. The molecule has 0 unspecified atom stereocenters. The summed E-state index contributed by atoms with van der Waals surface area (Å²) in [5, 5.41) is 3.27. The zero-order valence-electron chi connectivity index (χ0n) is 17.9. The molecule has 0 aliphatic heterocycles. The Balaban J connectivity index is 1.16. The largest absolute Gasteiger partial charge is 0.494 e. The summed E-state index contributed by atoms with van der Waals surface area (Å²) < 4.78 is 5.82. The molecule has 0 radical (unpaired) electrons. The van der Waals surface area contributed by atoms with Crippen molar-refractivity contribution in [1.82, 2.24) is 5.32 Å². The predicted octanol–water partition coefficient (Wildman–Crippen LogP) is 5.48. The van der Waals surface area contributed by atoms with E-state index in [1.165, 1.54) is 44.1 Å². The lowest BCUT2D eigenvalue weighted by molar-refractivity contribution is -0.123. The molecule has 3 heteroatoms. The summed E-state index contributed by atoms with van der Waals surface area (Å²) in [4.78, 5) is 12.3. The van der Waals surface area contributed by atoms with Gasteiger partial charge >= 0.3 is 0 Å². The first-order valence-corrected chi connectivity index (χ1v) is 11.3. The Morgan fingerprint density at radius 2 is 1.61 bits per heavy atom. The summed E-state index contributed by atoms with van der Waals surface area (Å²) >= 11 is 0. The molecule has 0 atom stereocenters. The molecular weight excluding hydrogens is 346 g/mol. The number of carbonyl (C=O) groups is 1. The molecule has 0 spiro atoms. The van der Waals surface area contributed by atoms with E-state index >= 15 is 0 Å². The summed E-state index contributed by atoms with van der Waals surface area (Å²) in [6.07, 6.45) is 9.77. The van der Waals surface area contributed by atoms with Crippen LogP contribution in [0.2, 0.25) is 0 Å². The monoisotopic (exact) mass is 383 g/mol. The Bertz CT molecular complexity index is 650. The van der Waals surface area contributed by atoms with E-state index in [1.807, 2.05) is 12.1 Å². The standard InChI is InChI=1S/C25H37NO2/c1-24(2,3)21-6-8-22(9-7-21)28-10-4-5-23(27)26-17-25-14-18-11-19(15-25)13-20(12-18)16-25/h6-9,18-20H,4-5,10-17H2,1-3H3,(H,26,27). The van der Waals surface area contributed by atoms with Crippen LogP contribution in [0.1, 0.15) is 77.7 Å². The van der Waals surface area contributed by atoms with Crippen molar-refractivity contribution in [2.75, 3.05) is 13.2 Å². The molecule has 0 saturated heterocycles. The molecular formula is C25H37NO2. The van der Waals surface area contributed by atoms with E-state index in [4.69, 9.17) is 4.74 Å². The number of rotatable bonds is 7. The third kappa shape index (κ3) is 4.55. The Morgan fingerprint density at radius 3 is 2.14 bits per heavy atom. The van der Waals surface area contributed by atoms with Gasteiger partial charge in [0.25, 0.3) is 0 Å². The van der Waals surface area contributed by atoms with Crippen LogP contribution in [0.15, 0.2) is 24.3 Å². The van der Waals surface area contributed by atoms with E-state index in [0.29, 0.717) is 18.4 Å². The maximum Gasteiger partial charge on any atom is 0.220 e. The zero-order chi connectivity index (χ0) is 19.8. The molecule has 4 bridgehead atoms. The zero-order valence-corrected chi connectivity index (χ0v) is 17.9. The van der Waals surface area contributed by atoms with Crippen molar-refractivity contribution in [3.8, 4) is 5.75 Å². The van der Waals surface area contributed by atoms with Crippen molar-refractivity contribution < 1.29 is 9.53 Å². The van der Waals surface area contributed by atoms with Crippen LogP contribution in [0.4, 0.5) is 0 Å². The van der Waals surface area contributed by atoms with Gasteiger partial charge in [0.15, 0.2) is 0 Å². The van der Waals surface area contributed by atoms with Gasteiger partial charge in [-0.15, -0.1) is 0 Å². The van der Waals surface area contributed by atoms with Crippen LogP contribution in [0.5, 0.6) is 5.75 Å². The number of nitrogens with one attached hydrogen (secondary N) is 1. The van der Waals surface area contributed by atoms with Crippen LogP contribution >= 0.6 is 0 Å². The second-order valence-electron chi connectivity index (χ2n) is 10.9. The number of carbonyl (C=O) groups excluding carboxylic acids is 1. The van der Waals surface area contributed by atoms with Crippen molar-refractivity contribution in [3.05, 3.63) is 29.8 Å². The molecule has 0 heterocycles. The van der Waals surface area contributed by atoms with Gasteiger partial charge in [-0.25, -0.2) is 0 Å². The first kappa shape index (κ1) is 19.8. The summed E-state index contributed by atoms with van der Waals surface area (Å²) in [6.45, 7) is 8.14. The third-order valence-electron chi connectivity index (χ3n) is 7.36. The van der Waals surface area contributed by atoms with Crippen LogP contribution < -0.4 is 10.1 Å². The highest BCUT2D eigenvalue weighted by molar-refractivity contribution is 5.75. The van der Waals surface area contributed by atoms with Gasteiger partial charge < -0.3 is 10.1 Å². The fraction of sp³-hybridized carbons (Fsp3) is 0.720. The lowest BCUT2D eigenvalue weighted by Crippen LogP contribution is -2.51. The SMILES string of the molecule is CC(C)(C)c1ccc(OCCCC(=O)NCC23CC4CC(CC(C4)C2)C3)cc1. The summed E-state index contributed by atoms with van der Waals surface area (Å²) in [6, 6.07) is 8.34. The minimum atomic E-state index is 0.160. The van der Waals surface area contributed by atoms with Crippen LogP contribution in [0, 0.1) is 23.2 Å². The fourth-order valence-corrected chi connectivity index (χ4v) is 6.35. The fourth-order valence-electron chi connectivity index (χ4n) is 6.35. The van der Waals surface area contributed by atoms with E-state index < -0.39 is 0 Å². The number of ether oxygens (including phenoxy) is 1. The Kier molecular flexibility index (Phi) is 5.46. The minimum absolute atomic E-state index is 0.160. The second kappa shape index (κ2) is 7.72. The smallest absolute Gasteiger partial charge is 0.220 e. The average molecular weight is 384 g/mol. The first-order valence-electron chi connectivity index (χ1n) is 11.3. The molecule has 1 aromatic rings. The van der Waals surface area contributed by atoms with E-state index in [-0.39, 0.29) is 11.3 Å². The van der Waals surface area contributed by atoms with E-state index in [1.54, 1.807) is 0 Å². The van der Waals surface area contributed by atoms with Crippen molar-refractivity contribution in [3.63, 3.8) is 0 Å². The topological polar surface area (TPSA) is 38.3 Å². The molecule has 28 heavy (non-hydrogen) atoms. The molecule has 4 saturated carbocycles. The number of amides is 1. The Hall–Kier alpha value is -1.51. The van der Waals surface area contributed by atoms with Crippen molar-refractivity contribution in [1.29, 1.82) is 0 Å². The molecule has 1 amide bonds. The average Bonchev–Trinajstić information content (AvgIpc) is 2.62. The van der Waals surface area contributed by atoms with Crippen LogP contribution in [0.25, 0.3) is 0 Å². The summed E-state index contributed by atoms with van der Waals surface area (Å²) in [7, 11) is 0. The minimum Gasteiger partial charge on any atom is -0.494 e. The highest BCUT2D eigenvalue weighted by Crippen LogP contribution is 2.59. The highest BCUT2D eigenvalue weighted by atomic mass is 16.5. The predicted molar refractivity (Wildman–Crippen MR) is 113 cm³/mol. The van der Waals surface area contributed by atoms with E-state index in [2.05, 4.69) is 38.2 Å². The quantitative estimate of drug-likeness (QED) is 0.634. The van der Waals surface area contributed by atoms with Gasteiger partial charge in [-0.1, -0.05) is 32.9 Å². The molecule has 4 fully saturated rings. The molecule has 4 aliphatic rings. The molecule has 4 aliphatic carbocycles. The van der Waals surface area contributed by atoms with E-state index in [9.17, 15) is 4.79 Å². The van der Waals surface area contributed by atoms with Gasteiger partial charge in [0.2, 0.25) is 5.91 Å². The van der Waals surface area contributed by atoms with Gasteiger partial charge in [-0.2, -0.15) is 0 Å². The third-order valence-corrected chi connectivity index (χ3v) is 7.36. The molecule has 154 valence electrons. The molecule has 3 nitrogen and oxygen atoms in total. The normalized spacial score (nSPS) is 31.0. The summed E-state index contributed by atoms with van der Waals surface area (Å²) in [5.74, 6) is 3.92. The lowest BCUT2D eigenvalue weighted by Gasteiger charge is -2.56. The maximum atomic E-state index is 12.3. The Morgan fingerprint density at radius 1 is 1.04 bits per heavy atom. The second-order valence-corrected chi connectivity index (χ2v) is 10.9. The number of hydrogen-bond donors (Lipinski definition) is 1. The molecule has 0 aromatic heterocycles. The Labute approximate surface area is 170 Å². The van der Waals surface area contributed by atoms with Crippen molar-refractivity contribution in [2.45, 2.75) is 77.6 Å². The van der Waals surface area contributed by atoms with Crippen LogP contribution in [-0.2, 0) is 10.2 Å². The van der Waals surface area contributed by atoms with Gasteiger partial charge in [0.05, 0.1) is 6.61 Å². The highest BCUT2D eigenvalue weighted by Gasteiger charge is 2.50. The van der Waals surface area contributed by atoms with E-state index in [0.717, 1.165) is 36.5 Å². The van der Waals surface area contributed by atoms with Gasteiger partial charge in [0, 0.05) is 13.0 Å². The first-order chi connectivity index (χ1) is 13.3. The number of hydrogen-bond acceptors (Lipinski definition) is 2. The lowest BCUT2D eigenvalue weighted by atomic mass is 9.49. The van der Waals surface area contributed by atoms with Crippen molar-refractivity contribution in [2.24, 2.45) is 23.2 Å². The van der Waals surface area contributed by atoms with Crippen LogP contribution in [0.3, 0.4) is 0 Å². The summed E-state index contributed by atoms with van der Waals surface area (Å²) in [5.41, 5.74) is 1.90. The molecule has 1 aromatic carbocycles. The van der Waals surface area contributed by atoms with Crippen LogP contribution in [-0.4, -0.2) is 19.1 Å². The van der Waals surface area contributed by atoms with Gasteiger partial charge in [-0.05, 0) is 91.2 Å². The van der Waals surface area contributed by atoms with Gasteiger partial charge in [-0.3, -0.25) is 4.79 Å². The molecule has 5 rings (SSSR count).